The monoisotopic (exact) mass is 289 g/mol. The molecule has 2 aromatic rings. The van der Waals surface area contributed by atoms with Crippen LogP contribution < -0.4 is 0 Å². The average molecular weight is 289 g/mol. The second-order valence-corrected chi connectivity index (χ2v) is 5.24. The molecule has 0 amide bonds. The minimum Gasteiger partial charge on any atom is -0.468 e. The van der Waals surface area contributed by atoms with Gasteiger partial charge >= 0.3 is 0 Å². The molecule has 0 aliphatic heterocycles. The van der Waals surface area contributed by atoms with Gasteiger partial charge in [0.25, 0.3) is 0 Å². The van der Waals surface area contributed by atoms with Crippen molar-refractivity contribution in [3.63, 3.8) is 0 Å². The molecule has 0 spiro atoms. The molecular weight excluding hydrogens is 266 g/mol. The summed E-state index contributed by atoms with van der Waals surface area (Å²) in [6.45, 7) is 5.75. The van der Waals surface area contributed by atoms with Gasteiger partial charge in [0, 0.05) is 12.6 Å². The normalized spacial score (nSPS) is 13.8. The smallest absolute Gasteiger partial charge is 0.126 e. The third kappa shape index (κ3) is 4.62. The summed E-state index contributed by atoms with van der Waals surface area (Å²) >= 11 is 0. The van der Waals surface area contributed by atoms with Crippen LogP contribution in [0.25, 0.3) is 6.08 Å². The lowest BCUT2D eigenvalue weighted by molar-refractivity contribution is 0.115. The van der Waals surface area contributed by atoms with Gasteiger partial charge in [-0.25, -0.2) is 0 Å². The fraction of sp³-hybridized carbons (Fsp3) is 0.412. The van der Waals surface area contributed by atoms with Crippen molar-refractivity contribution in [2.75, 3.05) is 13.2 Å². The van der Waals surface area contributed by atoms with Gasteiger partial charge in [0.15, 0.2) is 0 Å². The van der Waals surface area contributed by atoms with Gasteiger partial charge in [-0.3, -0.25) is 4.90 Å². The van der Waals surface area contributed by atoms with Crippen molar-refractivity contribution in [1.29, 1.82) is 0 Å². The second kappa shape index (κ2) is 7.86. The number of hydrogen-bond donors (Lipinski definition) is 1. The highest BCUT2D eigenvalue weighted by Gasteiger charge is 2.17. The standard InChI is InChI=1S/C17H23NO3/c1-3-15(13-19)18(12-17-7-5-9-21-17)11-14(2)10-16-6-4-8-20-16/h4-10,15,19H,3,11-13H2,1-2H3/b14-10+. The summed E-state index contributed by atoms with van der Waals surface area (Å²) in [5, 5.41) is 9.58. The maximum Gasteiger partial charge on any atom is 0.126 e. The first kappa shape index (κ1) is 15.6. The van der Waals surface area contributed by atoms with E-state index in [4.69, 9.17) is 8.83 Å². The minimum atomic E-state index is 0.120. The largest absolute Gasteiger partial charge is 0.468 e. The summed E-state index contributed by atoms with van der Waals surface area (Å²) in [6, 6.07) is 7.78. The summed E-state index contributed by atoms with van der Waals surface area (Å²) in [5.41, 5.74) is 1.18. The van der Waals surface area contributed by atoms with Crippen molar-refractivity contribution >= 4 is 6.08 Å². The van der Waals surface area contributed by atoms with Gasteiger partial charge in [0.2, 0.25) is 0 Å². The quantitative estimate of drug-likeness (QED) is 0.807. The SMILES string of the molecule is CCC(CO)N(C/C(C)=C/c1ccco1)Cc1ccco1. The Morgan fingerprint density at radius 2 is 2.05 bits per heavy atom. The molecule has 0 saturated carbocycles. The molecule has 2 rings (SSSR count). The van der Waals surface area contributed by atoms with Crippen molar-refractivity contribution in [2.24, 2.45) is 0 Å². The van der Waals surface area contributed by atoms with Crippen LogP contribution in [0.15, 0.2) is 51.2 Å². The lowest BCUT2D eigenvalue weighted by atomic mass is 10.1. The Kier molecular flexibility index (Phi) is 5.84. The summed E-state index contributed by atoms with van der Waals surface area (Å²) in [5.74, 6) is 1.76. The molecule has 0 saturated heterocycles. The number of hydrogen-bond acceptors (Lipinski definition) is 4. The van der Waals surface area contributed by atoms with Crippen molar-refractivity contribution < 1.29 is 13.9 Å². The lowest BCUT2D eigenvalue weighted by Crippen LogP contribution is -2.38. The number of rotatable bonds is 8. The number of aliphatic hydroxyl groups excluding tert-OH is 1. The van der Waals surface area contributed by atoms with Crippen molar-refractivity contribution in [3.05, 3.63) is 53.9 Å². The predicted molar refractivity (Wildman–Crippen MR) is 82.6 cm³/mol. The molecule has 0 aromatic carbocycles. The molecule has 0 aliphatic carbocycles. The molecule has 2 heterocycles. The Balaban J connectivity index is 2.07. The lowest BCUT2D eigenvalue weighted by Gasteiger charge is -2.29. The van der Waals surface area contributed by atoms with E-state index in [1.165, 1.54) is 5.57 Å². The molecule has 1 N–H and O–H groups in total. The van der Waals surface area contributed by atoms with Crippen LogP contribution >= 0.6 is 0 Å². The van der Waals surface area contributed by atoms with Gasteiger partial charge in [-0.15, -0.1) is 0 Å². The van der Waals surface area contributed by atoms with E-state index in [-0.39, 0.29) is 12.6 Å². The Morgan fingerprint density at radius 1 is 1.29 bits per heavy atom. The zero-order chi connectivity index (χ0) is 15.1. The van der Waals surface area contributed by atoms with Crippen molar-refractivity contribution in [1.82, 2.24) is 4.90 Å². The van der Waals surface area contributed by atoms with Gasteiger partial charge in [0.05, 0.1) is 25.7 Å². The molecule has 2 aromatic heterocycles. The Morgan fingerprint density at radius 3 is 2.62 bits per heavy atom. The molecule has 1 atom stereocenters. The van der Waals surface area contributed by atoms with E-state index in [0.717, 1.165) is 24.5 Å². The van der Waals surface area contributed by atoms with E-state index < -0.39 is 0 Å². The van der Waals surface area contributed by atoms with Crippen LogP contribution in [-0.2, 0) is 6.54 Å². The maximum atomic E-state index is 9.58. The third-order valence-electron chi connectivity index (χ3n) is 3.52. The number of furan rings is 2. The Bertz CT molecular complexity index is 524. The maximum absolute atomic E-state index is 9.58. The molecule has 0 aliphatic rings. The van der Waals surface area contributed by atoms with Crippen LogP contribution in [0.5, 0.6) is 0 Å². The van der Waals surface area contributed by atoms with E-state index in [2.05, 4.69) is 18.7 Å². The third-order valence-corrected chi connectivity index (χ3v) is 3.52. The first-order chi connectivity index (χ1) is 10.2. The first-order valence-corrected chi connectivity index (χ1v) is 7.31. The Hall–Kier alpha value is -1.78. The number of nitrogens with zero attached hydrogens (tertiary/aromatic N) is 1. The van der Waals surface area contributed by atoms with Crippen LogP contribution in [0.4, 0.5) is 0 Å². The first-order valence-electron chi connectivity index (χ1n) is 7.31. The highest BCUT2D eigenvalue weighted by Crippen LogP contribution is 2.15. The molecule has 4 nitrogen and oxygen atoms in total. The zero-order valence-electron chi connectivity index (χ0n) is 12.7. The van der Waals surface area contributed by atoms with E-state index >= 15 is 0 Å². The summed E-state index contributed by atoms with van der Waals surface area (Å²) < 4.78 is 10.8. The molecule has 0 bridgehead atoms. The van der Waals surface area contributed by atoms with Gasteiger partial charge in [-0.1, -0.05) is 12.5 Å². The van der Waals surface area contributed by atoms with E-state index in [0.29, 0.717) is 6.54 Å². The van der Waals surface area contributed by atoms with Crippen molar-refractivity contribution in [2.45, 2.75) is 32.9 Å². The molecule has 4 heteroatoms. The molecule has 0 fully saturated rings. The topological polar surface area (TPSA) is 49.8 Å². The number of aliphatic hydroxyl groups is 1. The highest BCUT2D eigenvalue weighted by molar-refractivity contribution is 5.46. The second-order valence-electron chi connectivity index (χ2n) is 5.24. The van der Waals surface area contributed by atoms with Crippen LogP contribution in [0.1, 0.15) is 31.8 Å². The van der Waals surface area contributed by atoms with Gasteiger partial charge in [-0.2, -0.15) is 0 Å². The van der Waals surface area contributed by atoms with Crippen LogP contribution in [0.3, 0.4) is 0 Å². The Labute approximate surface area is 125 Å². The van der Waals surface area contributed by atoms with Gasteiger partial charge in [0.1, 0.15) is 11.5 Å². The van der Waals surface area contributed by atoms with Crippen molar-refractivity contribution in [3.8, 4) is 0 Å². The summed E-state index contributed by atoms with van der Waals surface area (Å²) in [6.07, 6.45) is 6.27. The summed E-state index contributed by atoms with van der Waals surface area (Å²) in [4.78, 5) is 2.23. The molecule has 0 radical (unpaired) electrons. The van der Waals surface area contributed by atoms with Gasteiger partial charge in [-0.05, 0) is 43.7 Å². The minimum absolute atomic E-state index is 0.120. The molecular formula is C17H23NO3. The van der Waals surface area contributed by atoms with E-state index in [9.17, 15) is 5.11 Å². The van der Waals surface area contributed by atoms with Crippen LogP contribution in [0.2, 0.25) is 0 Å². The van der Waals surface area contributed by atoms with Crippen LogP contribution in [0, 0.1) is 0 Å². The van der Waals surface area contributed by atoms with Gasteiger partial charge < -0.3 is 13.9 Å². The summed E-state index contributed by atoms with van der Waals surface area (Å²) in [7, 11) is 0. The fourth-order valence-corrected chi connectivity index (χ4v) is 2.40. The highest BCUT2D eigenvalue weighted by atomic mass is 16.3. The predicted octanol–water partition coefficient (Wildman–Crippen LogP) is 3.55. The fourth-order valence-electron chi connectivity index (χ4n) is 2.40. The van der Waals surface area contributed by atoms with E-state index in [1.54, 1.807) is 12.5 Å². The zero-order valence-corrected chi connectivity index (χ0v) is 12.7. The molecule has 21 heavy (non-hydrogen) atoms. The molecule has 1 unspecified atom stereocenters. The van der Waals surface area contributed by atoms with E-state index in [1.807, 2.05) is 30.3 Å². The molecule has 114 valence electrons. The average Bonchev–Trinajstić information content (AvgIpc) is 3.13. The van der Waals surface area contributed by atoms with Crippen LogP contribution in [-0.4, -0.2) is 29.2 Å².